The number of nitrogens with zero attached hydrogens (tertiary/aromatic N) is 1. The third-order valence-electron chi connectivity index (χ3n) is 2.88. The van der Waals surface area contributed by atoms with E-state index in [4.69, 9.17) is 39.5 Å². The Morgan fingerprint density at radius 1 is 1.13 bits per heavy atom. The van der Waals surface area contributed by atoms with E-state index in [1.807, 2.05) is 0 Å². The van der Waals surface area contributed by atoms with Crippen molar-refractivity contribution in [3.8, 4) is 5.75 Å². The average Bonchev–Trinajstić information content (AvgIpc) is 2.94. The molecule has 0 unspecified atom stereocenters. The van der Waals surface area contributed by atoms with E-state index in [9.17, 15) is 4.79 Å². The summed E-state index contributed by atoms with van der Waals surface area (Å²) < 4.78 is 6.21. The summed E-state index contributed by atoms with van der Waals surface area (Å²) in [5.41, 5.74) is 0.568. The number of aromatic nitrogens is 1. The highest BCUT2D eigenvalue weighted by Gasteiger charge is 2.12. The normalized spacial score (nSPS) is 10.7. The second kappa shape index (κ2) is 6.93. The van der Waals surface area contributed by atoms with Gasteiger partial charge in [-0.25, -0.2) is 4.98 Å². The fourth-order valence-electron chi connectivity index (χ4n) is 1.83. The third kappa shape index (κ3) is 3.87. The number of rotatable bonds is 4. The highest BCUT2D eigenvalue weighted by Crippen LogP contribution is 2.35. The van der Waals surface area contributed by atoms with Crippen molar-refractivity contribution < 1.29 is 9.53 Å². The zero-order valence-electron chi connectivity index (χ0n) is 11.5. The van der Waals surface area contributed by atoms with Crippen LogP contribution in [0.4, 0.5) is 5.13 Å². The number of hydrogen-bond acceptors (Lipinski definition) is 4. The molecule has 3 rings (SSSR count). The molecule has 1 aromatic heterocycles. The van der Waals surface area contributed by atoms with Crippen molar-refractivity contribution in [2.45, 2.75) is 0 Å². The molecule has 0 bridgehead atoms. The number of carbonyl (C=O) groups is 1. The molecule has 23 heavy (non-hydrogen) atoms. The Morgan fingerprint density at radius 3 is 2.61 bits per heavy atom. The maximum atomic E-state index is 11.9. The Balaban J connectivity index is 1.66. The minimum atomic E-state index is -0.318. The Hall–Kier alpha value is -1.53. The minimum Gasteiger partial charge on any atom is -0.484 e. The predicted octanol–water partition coefficient (Wildman–Crippen LogP) is 5.27. The molecule has 118 valence electrons. The quantitative estimate of drug-likeness (QED) is 0.663. The van der Waals surface area contributed by atoms with E-state index < -0.39 is 0 Å². The van der Waals surface area contributed by atoms with E-state index in [-0.39, 0.29) is 12.5 Å². The van der Waals surface area contributed by atoms with Gasteiger partial charge in [-0.15, -0.1) is 0 Å². The van der Waals surface area contributed by atoms with Crippen molar-refractivity contribution in [1.29, 1.82) is 0 Å². The monoisotopic (exact) mass is 386 g/mol. The van der Waals surface area contributed by atoms with Crippen molar-refractivity contribution in [2.24, 2.45) is 0 Å². The Bertz CT molecular complexity index is 865. The molecular formula is C15H9Cl3N2O2S. The maximum Gasteiger partial charge on any atom is 0.264 e. The van der Waals surface area contributed by atoms with Crippen LogP contribution < -0.4 is 10.1 Å². The van der Waals surface area contributed by atoms with Crippen LogP contribution in [0.2, 0.25) is 15.1 Å². The first-order valence-corrected chi connectivity index (χ1v) is 8.41. The first kappa shape index (κ1) is 16.3. The number of ether oxygens (including phenoxy) is 1. The minimum absolute atomic E-state index is 0.133. The number of nitrogens with one attached hydrogen (secondary N) is 1. The molecule has 0 aliphatic carbocycles. The first-order valence-electron chi connectivity index (χ1n) is 6.45. The summed E-state index contributed by atoms with van der Waals surface area (Å²) in [6.07, 6.45) is 0. The number of thiazole rings is 1. The molecular weight excluding hydrogens is 379 g/mol. The van der Waals surface area contributed by atoms with Gasteiger partial charge in [-0.05, 0) is 36.4 Å². The lowest BCUT2D eigenvalue weighted by atomic mass is 10.3. The van der Waals surface area contributed by atoms with Crippen LogP contribution in [0.5, 0.6) is 5.75 Å². The summed E-state index contributed by atoms with van der Waals surface area (Å²) >= 11 is 19.1. The van der Waals surface area contributed by atoms with Gasteiger partial charge < -0.3 is 4.74 Å². The zero-order valence-corrected chi connectivity index (χ0v) is 14.6. The first-order chi connectivity index (χ1) is 11.0. The molecule has 0 saturated carbocycles. The van der Waals surface area contributed by atoms with E-state index in [0.29, 0.717) is 31.5 Å². The number of halogens is 3. The van der Waals surface area contributed by atoms with E-state index in [1.165, 1.54) is 11.3 Å². The number of amides is 1. The molecule has 0 radical (unpaired) electrons. The molecule has 0 atom stereocenters. The molecule has 0 saturated heterocycles. The van der Waals surface area contributed by atoms with Gasteiger partial charge in [0.2, 0.25) is 0 Å². The summed E-state index contributed by atoms with van der Waals surface area (Å²) in [6.45, 7) is -0.133. The number of fused-ring (bicyclic) bond motifs is 1. The molecule has 0 aliphatic heterocycles. The van der Waals surface area contributed by atoms with E-state index in [1.54, 1.807) is 36.4 Å². The molecule has 1 N–H and O–H groups in total. The second-order valence-corrected chi connectivity index (χ2v) is 6.77. The van der Waals surface area contributed by atoms with Gasteiger partial charge in [0.15, 0.2) is 11.7 Å². The van der Waals surface area contributed by atoms with Gasteiger partial charge in [-0.2, -0.15) is 0 Å². The van der Waals surface area contributed by atoms with Gasteiger partial charge in [0.25, 0.3) is 5.91 Å². The van der Waals surface area contributed by atoms with Crippen LogP contribution >= 0.6 is 46.1 Å². The molecule has 0 aliphatic rings. The SMILES string of the molecule is O=C(COc1ccc(Cl)cc1)Nc1nc2c(Cl)c(Cl)ccc2s1. The molecule has 0 fully saturated rings. The van der Waals surface area contributed by atoms with Crippen LogP contribution in [-0.4, -0.2) is 17.5 Å². The van der Waals surface area contributed by atoms with E-state index in [0.717, 1.165) is 4.70 Å². The summed E-state index contributed by atoms with van der Waals surface area (Å²) in [7, 11) is 0. The number of hydrogen-bond donors (Lipinski definition) is 1. The molecule has 8 heteroatoms. The smallest absolute Gasteiger partial charge is 0.264 e. The van der Waals surface area contributed by atoms with Crippen LogP contribution in [0.15, 0.2) is 36.4 Å². The standard InChI is InChI=1S/C15H9Cl3N2O2S/c16-8-1-3-9(4-2-8)22-7-12(21)19-15-20-14-11(23-15)6-5-10(17)13(14)18/h1-6H,7H2,(H,19,20,21). The fraction of sp³-hybridized carbons (Fsp3) is 0.0667. The number of carbonyl (C=O) groups excluding carboxylic acids is 1. The van der Waals surface area contributed by atoms with E-state index >= 15 is 0 Å². The molecule has 4 nitrogen and oxygen atoms in total. The summed E-state index contributed by atoms with van der Waals surface area (Å²) in [5.74, 6) is 0.241. The lowest BCUT2D eigenvalue weighted by Gasteiger charge is -2.05. The molecule has 0 spiro atoms. The number of benzene rings is 2. The average molecular weight is 388 g/mol. The fourth-order valence-corrected chi connectivity index (χ4v) is 3.26. The largest absolute Gasteiger partial charge is 0.484 e. The predicted molar refractivity (Wildman–Crippen MR) is 95.2 cm³/mol. The van der Waals surface area contributed by atoms with Gasteiger partial charge in [0.05, 0.1) is 14.7 Å². The summed E-state index contributed by atoms with van der Waals surface area (Å²) in [5, 5.41) is 4.52. The highest BCUT2D eigenvalue weighted by atomic mass is 35.5. The third-order valence-corrected chi connectivity index (χ3v) is 4.86. The molecule has 3 aromatic rings. The Kier molecular flexibility index (Phi) is 4.92. The Labute approximate surface area is 150 Å². The topological polar surface area (TPSA) is 51.2 Å². The lowest BCUT2D eigenvalue weighted by molar-refractivity contribution is -0.118. The van der Waals surface area contributed by atoms with Crippen molar-refractivity contribution in [3.63, 3.8) is 0 Å². The van der Waals surface area contributed by atoms with Crippen LogP contribution in [0.3, 0.4) is 0 Å². The zero-order chi connectivity index (χ0) is 16.4. The molecule has 1 amide bonds. The van der Waals surface area contributed by atoms with E-state index in [2.05, 4.69) is 10.3 Å². The summed E-state index contributed by atoms with van der Waals surface area (Å²) in [6, 6.07) is 10.3. The van der Waals surface area contributed by atoms with Crippen LogP contribution in [0.1, 0.15) is 0 Å². The van der Waals surface area contributed by atoms with Crippen molar-refractivity contribution >= 4 is 67.4 Å². The van der Waals surface area contributed by atoms with Gasteiger partial charge in [0.1, 0.15) is 11.3 Å². The summed E-state index contributed by atoms with van der Waals surface area (Å²) in [4.78, 5) is 16.2. The van der Waals surface area contributed by atoms with Gasteiger partial charge in [-0.3, -0.25) is 10.1 Å². The lowest BCUT2D eigenvalue weighted by Crippen LogP contribution is -2.19. The Morgan fingerprint density at radius 2 is 1.87 bits per heavy atom. The van der Waals surface area contributed by atoms with Gasteiger partial charge in [-0.1, -0.05) is 46.1 Å². The van der Waals surface area contributed by atoms with Crippen LogP contribution in [-0.2, 0) is 4.79 Å². The van der Waals surface area contributed by atoms with Crippen molar-refractivity contribution in [1.82, 2.24) is 4.98 Å². The highest BCUT2D eigenvalue weighted by molar-refractivity contribution is 7.22. The maximum absolute atomic E-state index is 11.9. The van der Waals surface area contributed by atoms with Crippen molar-refractivity contribution in [3.05, 3.63) is 51.5 Å². The molecule has 2 aromatic carbocycles. The van der Waals surface area contributed by atoms with Gasteiger partial charge in [0, 0.05) is 5.02 Å². The second-order valence-electron chi connectivity index (χ2n) is 4.52. The van der Waals surface area contributed by atoms with Gasteiger partial charge >= 0.3 is 0 Å². The number of anilines is 1. The van der Waals surface area contributed by atoms with Crippen LogP contribution in [0, 0.1) is 0 Å². The van der Waals surface area contributed by atoms with Crippen molar-refractivity contribution in [2.75, 3.05) is 11.9 Å². The molecule has 1 heterocycles. The van der Waals surface area contributed by atoms with Crippen LogP contribution in [0.25, 0.3) is 10.2 Å².